The summed E-state index contributed by atoms with van der Waals surface area (Å²) in [6, 6.07) is 1.66. The van der Waals surface area contributed by atoms with Gasteiger partial charge in [-0.15, -0.1) is 0 Å². The number of ether oxygens (including phenoxy) is 1. The van der Waals surface area contributed by atoms with Gasteiger partial charge < -0.3 is 14.7 Å². The van der Waals surface area contributed by atoms with Crippen molar-refractivity contribution in [1.29, 1.82) is 0 Å². The van der Waals surface area contributed by atoms with Gasteiger partial charge in [0.05, 0.1) is 6.26 Å². The highest BCUT2D eigenvalue weighted by molar-refractivity contribution is 6.20. The Morgan fingerprint density at radius 3 is 3.27 bits per heavy atom. The Morgan fingerprint density at radius 2 is 2.60 bits per heavy atom. The molecule has 1 heterocycles. The first-order valence-corrected chi connectivity index (χ1v) is 4.11. The molecule has 1 aromatic heterocycles. The summed E-state index contributed by atoms with van der Waals surface area (Å²) in [4.78, 5) is 13.4. The summed E-state index contributed by atoms with van der Waals surface area (Å²) < 4.78 is 9.79. The van der Waals surface area contributed by atoms with Crippen molar-refractivity contribution in [3.63, 3.8) is 0 Å². The zero-order chi connectivity index (χ0) is 11.1. The number of furan rings is 1. The Balaban J connectivity index is 2.63. The molecular weight excluding hydrogens is 196 g/mol. The molecule has 1 aromatic rings. The zero-order valence-corrected chi connectivity index (χ0v) is 8.06. The quantitative estimate of drug-likeness (QED) is 0.242. The summed E-state index contributed by atoms with van der Waals surface area (Å²) in [5.41, 5.74) is 8.73. The van der Waals surface area contributed by atoms with Gasteiger partial charge in [-0.25, -0.2) is 4.79 Å². The van der Waals surface area contributed by atoms with Crippen LogP contribution in [0.5, 0.6) is 0 Å². The molecule has 76 valence electrons. The molecule has 0 radical (unpaired) electrons. The molecule has 0 fully saturated rings. The molecule has 0 unspecified atom stereocenters. The molecule has 0 bridgehead atoms. The molecule has 5 nitrogen and oxygen atoms in total. The Morgan fingerprint density at radius 1 is 1.80 bits per heavy atom. The van der Waals surface area contributed by atoms with E-state index in [1.54, 1.807) is 13.0 Å². The second kappa shape index (κ2) is 5.43. The van der Waals surface area contributed by atoms with Gasteiger partial charge in [-0.3, -0.25) is 0 Å². The Labute approximate surface area is 86.3 Å². The minimum absolute atomic E-state index is 0.0331. The second-order valence-electron chi connectivity index (χ2n) is 2.50. The van der Waals surface area contributed by atoms with Gasteiger partial charge in [0.1, 0.15) is 6.61 Å². The van der Waals surface area contributed by atoms with Crippen LogP contribution in [-0.4, -0.2) is 17.0 Å². The van der Waals surface area contributed by atoms with Crippen LogP contribution in [0.3, 0.4) is 0 Å². The van der Waals surface area contributed by atoms with Crippen molar-refractivity contribution in [3.8, 4) is 11.8 Å². The van der Waals surface area contributed by atoms with Crippen LogP contribution >= 0.6 is 0 Å². The topological polar surface area (TPSA) is 75.8 Å². The lowest BCUT2D eigenvalue weighted by Crippen LogP contribution is -2.06. The van der Waals surface area contributed by atoms with E-state index in [-0.39, 0.29) is 6.61 Å². The average molecular weight is 204 g/mol. The highest BCUT2D eigenvalue weighted by Gasteiger charge is 2.08. The number of carbonyl (C=O) groups excluding carboxylic acids is 1. The van der Waals surface area contributed by atoms with E-state index in [0.29, 0.717) is 17.5 Å². The fourth-order valence-electron chi connectivity index (χ4n) is 0.906. The van der Waals surface area contributed by atoms with Gasteiger partial charge in [-0.1, -0.05) is 5.92 Å². The molecule has 1 rings (SSSR count). The van der Waals surface area contributed by atoms with Crippen molar-refractivity contribution in [2.45, 2.75) is 13.5 Å². The molecule has 0 spiro atoms. The molecule has 5 heteroatoms. The molecule has 0 N–H and O–H groups in total. The summed E-state index contributed by atoms with van der Waals surface area (Å²) in [5, 5.41) is 0. The first-order valence-electron chi connectivity index (χ1n) is 4.11. The standard InChI is InChI=1S/C10H8N2O3/c1-2-3-9-8(4-5-14-9)7-15-10(13)6-12-11/h4-6H,7H2,1H3. The third kappa shape index (κ3) is 3.14. The van der Waals surface area contributed by atoms with Crippen molar-refractivity contribution < 1.29 is 18.7 Å². The maximum atomic E-state index is 10.8. The SMILES string of the molecule is CC#Cc1occc1COC(=O)C=[N+]=[N-]. The van der Waals surface area contributed by atoms with Crippen LogP contribution in [0.15, 0.2) is 16.7 Å². The van der Waals surface area contributed by atoms with Crippen molar-refractivity contribution in [2.24, 2.45) is 0 Å². The Hall–Kier alpha value is -2.31. The first-order chi connectivity index (χ1) is 7.27. The maximum Gasteiger partial charge on any atom is 0.413 e. The average Bonchev–Trinajstić information content (AvgIpc) is 2.64. The van der Waals surface area contributed by atoms with Gasteiger partial charge in [0.2, 0.25) is 0 Å². The molecule has 0 amide bonds. The highest BCUT2D eigenvalue weighted by atomic mass is 16.5. The minimum atomic E-state index is -0.728. The fourth-order valence-corrected chi connectivity index (χ4v) is 0.906. The molecule has 0 aliphatic carbocycles. The van der Waals surface area contributed by atoms with Gasteiger partial charge in [0.25, 0.3) is 0 Å². The predicted octanol–water partition coefficient (Wildman–Crippen LogP) is 0.995. The monoisotopic (exact) mass is 204 g/mol. The number of carbonyl (C=O) groups is 1. The summed E-state index contributed by atoms with van der Waals surface area (Å²) in [6.45, 7) is 1.71. The van der Waals surface area contributed by atoms with E-state index >= 15 is 0 Å². The molecule has 0 aliphatic rings. The van der Waals surface area contributed by atoms with E-state index < -0.39 is 5.97 Å². The van der Waals surface area contributed by atoms with Gasteiger partial charge in [-0.05, 0) is 18.9 Å². The second-order valence-corrected chi connectivity index (χ2v) is 2.50. The molecule has 0 aliphatic heterocycles. The van der Waals surface area contributed by atoms with Crippen LogP contribution in [-0.2, 0) is 16.1 Å². The lowest BCUT2D eigenvalue weighted by molar-refractivity contribution is -0.140. The molecule has 0 aromatic carbocycles. The van der Waals surface area contributed by atoms with Crippen LogP contribution < -0.4 is 0 Å². The number of hydrogen-bond donors (Lipinski definition) is 0. The molecule has 0 atom stereocenters. The largest absolute Gasteiger partial charge is 0.456 e. The van der Waals surface area contributed by atoms with Crippen LogP contribution in [0.4, 0.5) is 0 Å². The minimum Gasteiger partial charge on any atom is -0.456 e. The molecule has 0 saturated carbocycles. The predicted molar refractivity (Wildman–Crippen MR) is 50.7 cm³/mol. The van der Waals surface area contributed by atoms with E-state index in [1.165, 1.54) is 6.26 Å². The maximum absolute atomic E-state index is 10.8. The van der Waals surface area contributed by atoms with Crippen LogP contribution in [0, 0.1) is 11.8 Å². The summed E-state index contributed by atoms with van der Waals surface area (Å²) in [6.07, 6.45) is 2.13. The normalized spacial score (nSPS) is 8.33. The van der Waals surface area contributed by atoms with Crippen molar-refractivity contribution >= 4 is 12.2 Å². The number of esters is 1. The summed E-state index contributed by atoms with van der Waals surface area (Å²) in [5.74, 6) is 5.13. The first kappa shape index (κ1) is 10.8. The highest BCUT2D eigenvalue weighted by Crippen LogP contribution is 2.10. The molecule has 0 saturated heterocycles. The van der Waals surface area contributed by atoms with Crippen LogP contribution in [0.1, 0.15) is 18.2 Å². The Kier molecular flexibility index (Phi) is 3.90. The van der Waals surface area contributed by atoms with E-state index in [2.05, 4.69) is 16.6 Å². The number of nitrogens with zero attached hydrogens (tertiary/aromatic N) is 2. The molecular formula is C10H8N2O3. The van der Waals surface area contributed by atoms with E-state index in [1.807, 2.05) is 0 Å². The number of rotatable bonds is 3. The lowest BCUT2D eigenvalue weighted by Gasteiger charge is -1.96. The zero-order valence-electron chi connectivity index (χ0n) is 8.06. The van der Waals surface area contributed by atoms with Crippen molar-refractivity contribution in [3.05, 3.63) is 29.2 Å². The van der Waals surface area contributed by atoms with Gasteiger partial charge in [0.15, 0.2) is 5.76 Å². The van der Waals surface area contributed by atoms with Crippen molar-refractivity contribution in [1.82, 2.24) is 0 Å². The number of hydrogen-bond acceptors (Lipinski definition) is 3. The lowest BCUT2D eigenvalue weighted by atomic mass is 10.2. The summed E-state index contributed by atoms with van der Waals surface area (Å²) in [7, 11) is 0. The molecule has 15 heavy (non-hydrogen) atoms. The van der Waals surface area contributed by atoms with E-state index in [0.717, 1.165) is 0 Å². The van der Waals surface area contributed by atoms with E-state index in [9.17, 15) is 4.79 Å². The fraction of sp³-hybridized carbons (Fsp3) is 0.200. The smallest absolute Gasteiger partial charge is 0.413 e. The van der Waals surface area contributed by atoms with Gasteiger partial charge in [-0.2, -0.15) is 4.79 Å². The summed E-state index contributed by atoms with van der Waals surface area (Å²) >= 11 is 0. The third-order valence-corrected chi connectivity index (χ3v) is 1.52. The van der Waals surface area contributed by atoms with Gasteiger partial charge >= 0.3 is 12.2 Å². The third-order valence-electron chi connectivity index (χ3n) is 1.52. The Bertz CT molecular complexity index is 459. The van der Waals surface area contributed by atoms with E-state index in [4.69, 9.17) is 14.7 Å². The van der Waals surface area contributed by atoms with Crippen LogP contribution in [0.2, 0.25) is 0 Å². The van der Waals surface area contributed by atoms with Crippen molar-refractivity contribution in [2.75, 3.05) is 0 Å². The van der Waals surface area contributed by atoms with Crippen LogP contribution in [0.25, 0.3) is 5.53 Å². The van der Waals surface area contributed by atoms with Gasteiger partial charge in [0, 0.05) is 5.56 Å².